The van der Waals surface area contributed by atoms with Gasteiger partial charge < -0.3 is 16.8 Å². The summed E-state index contributed by atoms with van der Waals surface area (Å²) in [5, 5.41) is 4.92. The molecule has 2 aromatic carbocycles. The molecule has 206 valence electrons. The first-order chi connectivity index (χ1) is 16.8. The Morgan fingerprint density at radius 3 is 1.03 bits per heavy atom. The van der Waals surface area contributed by atoms with E-state index in [-0.39, 0.29) is 12.1 Å². The maximum atomic E-state index is 6.79. The molecular formula is C30H48Br2CoN3. The molecule has 2 atom stereocenters. The molecule has 0 heterocycles. The zero-order chi connectivity index (χ0) is 27.7. The van der Waals surface area contributed by atoms with Crippen molar-refractivity contribution in [3.05, 3.63) is 74.1 Å². The van der Waals surface area contributed by atoms with Crippen LogP contribution in [0.5, 0.6) is 0 Å². The third-order valence-corrected chi connectivity index (χ3v) is 6.66. The average molecular weight is 669 g/mol. The summed E-state index contributed by atoms with van der Waals surface area (Å²) >= 11 is 7.12. The Kier molecular flexibility index (Phi) is 15.0. The van der Waals surface area contributed by atoms with Crippen LogP contribution in [0.15, 0.2) is 24.3 Å². The quantitative estimate of drug-likeness (QED) is 0.265. The molecule has 0 spiro atoms. The van der Waals surface area contributed by atoms with Crippen LogP contribution in [-0.4, -0.2) is 13.1 Å². The van der Waals surface area contributed by atoms with E-state index in [0.717, 1.165) is 11.1 Å². The monoisotopic (exact) mass is 667 g/mol. The van der Waals surface area contributed by atoms with Crippen LogP contribution < -0.4 is 11.5 Å². The zero-order valence-corrected chi connectivity index (χ0v) is 28.1. The standard InChI is InChI=1S/C30H48N3.2BrH.Co/c1-17(2)23-11-21(9)12-24(18(3)4)29(23)27(31)15-33-16-28(32)30-25(19(5)6)13-22(10)14-26(30)20(7)8;;;/h11-14,17-20,27-28H,15-16,31-32H2,1-10H3;2*1H;/q-1;;;+3/p-2. The van der Waals surface area contributed by atoms with Gasteiger partial charge in [0.25, 0.3) is 0 Å². The molecule has 0 aliphatic carbocycles. The topological polar surface area (TPSA) is 66.1 Å². The van der Waals surface area contributed by atoms with E-state index in [1.165, 1.54) is 44.5 Å². The molecule has 0 radical (unpaired) electrons. The number of nitrogens with two attached hydrogens (primary N) is 2. The van der Waals surface area contributed by atoms with Crippen LogP contribution in [0.2, 0.25) is 0 Å². The van der Waals surface area contributed by atoms with Crippen molar-refractivity contribution in [2.45, 2.75) is 105 Å². The van der Waals surface area contributed by atoms with Gasteiger partial charge in [-0.25, -0.2) is 0 Å². The Morgan fingerprint density at radius 1 is 0.611 bits per heavy atom. The Hall–Kier alpha value is -0.214. The fourth-order valence-corrected chi connectivity index (χ4v) is 5.01. The van der Waals surface area contributed by atoms with E-state index in [1.54, 1.807) is 0 Å². The number of nitrogens with zero attached hydrogens (tertiary/aromatic N) is 1. The Labute approximate surface area is 241 Å². The summed E-state index contributed by atoms with van der Waals surface area (Å²) in [7, 11) is 0. The molecule has 0 aromatic heterocycles. The second-order valence-corrected chi connectivity index (χ2v) is 16.4. The molecule has 0 saturated heterocycles. The van der Waals surface area contributed by atoms with Crippen LogP contribution in [0.1, 0.15) is 136 Å². The van der Waals surface area contributed by atoms with E-state index in [0.29, 0.717) is 36.8 Å². The first kappa shape index (κ1) is 33.8. The molecule has 2 aromatic rings. The summed E-state index contributed by atoms with van der Waals surface area (Å²) in [4.78, 5) is 0. The fourth-order valence-electron chi connectivity index (χ4n) is 5.01. The van der Waals surface area contributed by atoms with Crippen LogP contribution >= 0.6 is 28.3 Å². The minimum atomic E-state index is -0.111. The molecule has 4 N–H and O–H groups in total. The van der Waals surface area contributed by atoms with Crippen LogP contribution in [0.3, 0.4) is 0 Å². The van der Waals surface area contributed by atoms with Crippen LogP contribution in [0.25, 0.3) is 5.32 Å². The fraction of sp³-hybridized carbons (Fsp3) is 0.600. The predicted molar refractivity (Wildman–Crippen MR) is 164 cm³/mol. The molecular weight excluding hydrogens is 621 g/mol. The molecule has 3 nitrogen and oxygen atoms in total. The van der Waals surface area contributed by atoms with E-state index in [9.17, 15) is 0 Å². The number of rotatable bonds is 10. The molecule has 0 saturated carbocycles. The number of aryl methyl sites for hydroxylation is 2. The third kappa shape index (κ3) is 9.51. The minimum absolute atomic E-state index is 0.111. The number of hydrogen-bond donors (Lipinski definition) is 2. The second kappa shape index (κ2) is 16.0. The summed E-state index contributed by atoms with van der Waals surface area (Å²) in [6.07, 6.45) is 0. The van der Waals surface area contributed by atoms with Crippen molar-refractivity contribution in [1.82, 2.24) is 0 Å². The van der Waals surface area contributed by atoms with Crippen molar-refractivity contribution in [3.8, 4) is 0 Å². The van der Waals surface area contributed by atoms with E-state index >= 15 is 0 Å². The van der Waals surface area contributed by atoms with E-state index in [1.807, 2.05) is 0 Å². The van der Waals surface area contributed by atoms with Gasteiger partial charge >= 0.3 is 39.5 Å². The van der Waals surface area contributed by atoms with Crippen molar-refractivity contribution in [2.24, 2.45) is 11.5 Å². The van der Waals surface area contributed by atoms with Crippen molar-refractivity contribution < 1.29 is 11.1 Å². The summed E-state index contributed by atoms with van der Waals surface area (Å²) in [5.74, 6) is 1.72. The SMILES string of the molecule is Cc1cc(C(C)C)c(C(N)C[N-]CC(N)c2c(C(C)C)cc(C)cc2C(C)C)c(C(C)C)c1.[Br][Co+][Br]. The summed E-state index contributed by atoms with van der Waals surface area (Å²) in [6, 6.07) is 8.97. The first-order valence-corrected chi connectivity index (χ1v) is 18.2. The number of hydrogen-bond acceptors (Lipinski definition) is 2. The maximum absolute atomic E-state index is 6.79. The zero-order valence-electron chi connectivity index (χ0n) is 23.9. The normalized spacial score (nSPS) is 13.5. The van der Waals surface area contributed by atoms with E-state index in [4.69, 9.17) is 16.8 Å². The molecule has 2 rings (SSSR count). The van der Waals surface area contributed by atoms with Crippen molar-refractivity contribution in [2.75, 3.05) is 13.1 Å². The van der Waals surface area contributed by atoms with Crippen LogP contribution in [-0.2, 0) is 11.1 Å². The van der Waals surface area contributed by atoms with Crippen molar-refractivity contribution in [3.63, 3.8) is 0 Å². The van der Waals surface area contributed by atoms with Gasteiger partial charge in [0.2, 0.25) is 0 Å². The molecule has 0 aliphatic heterocycles. The predicted octanol–water partition coefficient (Wildman–Crippen LogP) is 9.56. The Morgan fingerprint density at radius 2 is 0.833 bits per heavy atom. The van der Waals surface area contributed by atoms with Gasteiger partial charge in [-0.1, -0.05) is 90.8 Å². The van der Waals surface area contributed by atoms with Gasteiger partial charge in [0.1, 0.15) is 0 Å². The van der Waals surface area contributed by atoms with Gasteiger partial charge in [-0.05, 0) is 70.9 Å². The number of halogens is 2. The average Bonchev–Trinajstić information content (AvgIpc) is 2.77. The molecule has 0 bridgehead atoms. The molecule has 2 unspecified atom stereocenters. The number of benzene rings is 2. The van der Waals surface area contributed by atoms with Gasteiger partial charge in [0, 0.05) is 12.1 Å². The molecule has 6 heteroatoms. The summed E-state index contributed by atoms with van der Waals surface area (Å²) in [6.45, 7) is 23.5. The van der Waals surface area contributed by atoms with Crippen LogP contribution in [0.4, 0.5) is 0 Å². The molecule has 0 aliphatic rings. The van der Waals surface area contributed by atoms with E-state index in [2.05, 4.69) is 122 Å². The summed E-state index contributed by atoms with van der Waals surface area (Å²) in [5.41, 5.74) is 24.2. The Bertz CT molecular complexity index is 824. The van der Waals surface area contributed by atoms with Gasteiger partial charge in [-0.15, -0.1) is 13.1 Å². The third-order valence-electron chi connectivity index (χ3n) is 6.66. The van der Waals surface area contributed by atoms with Gasteiger partial charge in [-0.2, -0.15) is 0 Å². The first-order valence-electron chi connectivity index (χ1n) is 13.0. The Balaban J connectivity index is 0.00000205. The van der Waals surface area contributed by atoms with E-state index < -0.39 is 0 Å². The molecule has 0 amide bonds. The molecule has 0 fully saturated rings. The second-order valence-electron chi connectivity index (χ2n) is 11.2. The van der Waals surface area contributed by atoms with Gasteiger partial charge in [0.15, 0.2) is 0 Å². The van der Waals surface area contributed by atoms with Crippen LogP contribution in [0, 0.1) is 13.8 Å². The van der Waals surface area contributed by atoms with Crippen molar-refractivity contribution in [1.29, 1.82) is 0 Å². The van der Waals surface area contributed by atoms with Gasteiger partial charge in [-0.3, -0.25) is 0 Å². The van der Waals surface area contributed by atoms with Gasteiger partial charge in [0.05, 0.1) is 0 Å². The van der Waals surface area contributed by atoms with Crippen molar-refractivity contribution >= 4 is 28.3 Å². The molecule has 36 heavy (non-hydrogen) atoms. The summed E-state index contributed by atoms with van der Waals surface area (Å²) < 4.78 is 0.